The van der Waals surface area contributed by atoms with Gasteiger partial charge in [0.25, 0.3) is 5.91 Å². The van der Waals surface area contributed by atoms with Gasteiger partial charge in [-0.3, -0.25) is 24.2 Å². The van der Waals surface area contributed by atoms with Gasteiger partial charge in [0.1, 0.15) is 0 Å². The highest BCUT2D eigenvalue weighted by atomic mass is 35.5. The van der Waals surface area contributed by atoms with Gasteiger partial charge in [0.2, 0.25) is 5.78 Å². The molecule has 0 radical (unpaired) electrons. The Kier molecular flexibility index (Phi) is 13.2. The van der Waals surface area contributed by atoms with Gasteiger partial charge in [-0.25, -0.2) is 9.97 Å². The molecule has 3 aliphatic rings. The maximum atomic E-state index is 14.0. The lowest BCUT2D eigenvalue weighted by Crippen LogP contribution is -2.46. The highest BCUT2D eigenvalue weighted by Crippen LogP contribution is 2.41. The van der Waals surface area contributed by atoms with Crippen LogP contribution in [0.1, 0.15) is 115 Å². The molecule has 2 aromatic carbocycles. The van der Waals surface area contributed by atoms with Crippen molar-refractivity contribution < 1.29 is 23.5 Å². The topological polar surface area (TPSA) is 124 Å². The fraction of sp³-hybridized carbons (Fsp3) is 0.562. The van der Waals surface area contributed by atoms with E-state index in [-0.39, 0.29) is 35.2 Å². The van der Waals surface area contributed by atoms with Crippen molar-refractivity contribution in [3.05, 3.63) is 87.0 Å². The summed E-state index contributed by atoms with van der Waals surface area (Å²) in [4.78, 5) is 54.9. The third kappa shape index (κ3) is 9.11. The summed E-state index contributed by atoms with van der Waals surface area (Å²) < 4.78 is 15.6. The zero-order valence-corrected chi connectivity index (χ0v) is 40.5. The van der Waals surface area contributed by atoms with E-state index in [1.54, 1.807) is 6.07 Å². The number of ether oxygens (including phenoxy) is 1. The largest absolute Gasteiger partial charge is 0.469 e. The lowest BCUT2D eigenvalue weighted by molar-refractivity contribution is -0.154. The number of rotatable bonds is 12. The molecule has 1 aliphatic carbocycles. The predicted molar refractivity (Wildman–Crippen MR) is 247 cm³/mol. The molecular weight excluding hydrogens is 818 g/mol. The van der Waals surface area contributed by atoms with Gasteiger partial charge in [0.15, 0.2) is 20.0 Å². The molecule has 1 N–H and O–H groups in total. The average Bonchev–Trinajstić information content (AvgIpc) is 3.73. The lowest BCUT2D eigenvalue weighted by atomic mass is 9.73. The molecule has 14 heteroatoms. The molecule has 2 aromatic heterocycles. The number of methoxy groups -OCH3 is 1. The number of ketones is 1. The van der Waals surface area contributed by atoms with Gasteiger partial charge in [-0.1, -0.05) is 62.7 Å². The number of fused-ring (bicyclic) bond motifs is 2. The standard InChI is InChI=1S/C48H66ClN7O5Si/c1-30(61-62(10,11)47(3,4)5)27-55-24-20-39-37(28-55)50-43(53(39)7)41(57)26-32-14-12-15-34(31(32)2)35-16-13-17-36(42(35)49)52-45(58)44-51-38-29-56(25-21-40(38)54(44)8)33-18-22-48(6,23-19-33)46(59)60-9/h12-17,30,33H,18-29H2,1-11H3,(H,52,58)/t30-,33?,48?/m0/s1. The van der Waals surface area contributed by atoms with E-state index in [1.165, 1.54) is 7.11 Å². The molecule has 0 saturated heterocycles. The first-order chi connectivity index (χ1) is 29.2. The highest BCUT2D eigenvalue weighted by Gasteiger charge is 2.41. The third-order valence-corrected chi connectivity index (χ3v) is 19.5. The molecular formula is C48H66ClN7O5Si. The van der Waals surface area contributed by atoms with Crippen LogP contribution in [0.2, 0.25) is 23.2 Å². The summed E-state index contributed by atoms with van der Waals surface area (Å²) in [5.41, 5.74) is 7.63. The minimum absolute atomic E-state index is 0.0309. The van der Waals surface area contributed by atoms with E-state index in [4.69, 9.17) is 30.7 Å². The summed E-state index contributed by atoms with van der Waals surface area (Å²) in [6, 6.07) is 11.9. The van der Waals surface area contributed by atoms with Gasteiger partial charge in [0, 0.05) is 89.1 Å². The number of esters is 1. The molecule has 62 heavy (non-hydrogen) atoms. The molecule has 4 aromatic rings. The Balaban J connectivity index is 1.01. The summed E-state index contributed by atoms with van der Waals surface area (Å²) in [5, 5.41) is 3.62. The molecule has 2 aliphatic heterocycles. The summed E-state index contributed by atoms with van der Waals surface area (Å²) in [5.74, 6) is 0.335. The fourth-order valence-corrected chi connectivity index (χ4v) is 11.3. The van der Waals surface area contributed by atoms with Crippen LogP contribution >= 0.6 is 11.6 Å². The zero-order chi connectivity index (χ0) is 44.9. The quantitative estimate of drug-likeness (QED) is 0.0846. The number of halogens is 1. The van der Waals surface area contributed by atoms with Gasteiger partial charge < -0.3 is 23.6 Å². The van der Waals surface area contributed by atoms with E-state index in [1.807, 2.05) is 67.4 Å². The summed E-state index contributed by atoms with van der Waals surface area (Å²) in [7, 11) is 3.44. The second-order valence-corrected chi connectivity index (χ2v) is 24.9. The highest BCUT2D eigenvalue weighted by molar-refractivity contribution is 6.74. The molecule has 0 unspecified atom stereocenters. The Morgan fingerprint density at radius 3 is 2.23 bits per heavy atom. The Morgan fingerprint density at radius 1 is 0.935 bits per heavy atom. The van der Waals surface area contributed by atoms with Crippen LogP contribution in [0.5, 0.6) is 0 Å². The second kappa shape index (κ2) is 17.8. The molecule has 1 fully saturated rings. The van der Waals surface area contributed by atoms with Crippen molar-refractivity contribution in [1.29, 1.82) is 0 Å². The number of hydrogen-bond donors (Lipinski definition) is 1. The number of hydrogen-bond acceptors (Lipinski definition) is 9. The van der Waals surface area contributed by atoms with E-state index in [2.05, 4.69) is 55.9 Å². The molecule has 4 heterocycles. The molecule has 1 atom stereocenters. The van der Waals surface area contributed by atoms with Gasteiger partial charge >= 0.3 is 5.97 Å². The minimum Gasteiger partial charge on any atom is -0.469 e. The van der Waals surface area contributed by atoms with Crippen LogP contribution in [-0.2, 0) is 60.4 Å². The SMILES string of the molecule is COC(=O)C1(C)CCC(N2CCc3c(nc(C(=O)Nc4cccc(-c5cccc(CC(=O)c6nc7c(n6C)CCN(C[C@H](C)O[Si](C)(C)C(C)(C)C)C7)c5C)c4Cl)n3C)C2)CC1. The minimum atomic E-state index is -1.88. The van der Waals surface area contributed by atoms with Crippen LogP contribution in [0.3, 0.4) is 0 Å². The van der Waals surface area contributed by atoms with Crippen molar-refractivity contribution in [2.75, 3.05) is 32.1 Å². The first-order valence-corrected chi connectivity index (χ1v) is 25.5. The van der Waals surface area contributed by atoms with E-state index in [0.717, 1.165) is 103 Å². The third-order valence-electron chi connectivity index (χ3n) is 14.5. The van der Waals surface area contributed by atoms with E-state index in [0.29, 0.717) is 41.5 Å². The number of amides is 1. The molecule has 1 saturated carbocycles. The van der Waals surface area contributed by atoms with Crippen LogP contribution in [-0.4, -0.2) is 93.8 Å². The van der Waals surface area contributed by atoms with Gasteiger partial charge in [-0.2, -0.15) is 0 Å². The number of imidazole rings is 2. The Labute approximate surface area is 373 Å². The normalized spacial score (nSPS) is 20.4. The number of benzene rings is 2. The predicted octanol–water partition coefficient (Wildman–Crippen LogP) is 8.71. The summed E-state index contributed by atoms with van der Waals surface area (Å²) in [6.07, 6.45) is 5.39. The second-order valence-electron chi connectivity index (χ2n) is 19.8. The molecule has 7 rings (SSSR count). The van der Waals surface area contributed by atoms with Gasteiger partial charge in [-0.05, 0) is 87.3 Å². The Hall–Kier alpha value is -4.14. The maximum Gasteiger partial charge on any atom is 0.311 e. The first-order valence-electron chi connectivity index (χ1n) is 22.2. The van der Waals surface area contributed by atoms with Crippen molar-refractivity contribution in [3.63, 3.8) is 0 Å². The van der Waals surface area contributed by atoms with Crippen molar-refractivity contribution in [3.8, 4) is 11.1 Å². The average molecular weight is 885 g/mol. The molecule has 1 amide bonds. The number of Topliss-reactive ketones (excluding diaryl/α,β-unsaturated/α-hetero) is 1. The van der Waals surface area contributed by atoms with Crippen molar-refractivity contribution >= 4 is 43.3 Å². The monoisotopic (exact) mass is 883 g/mol. The van der Waals surface area contributed by atoms with Crippen LogP contribution in [0.4, 0.5) is 5.69 Å². The van der Waals surface area contributed by atoms with E-state index < -0.39 is 13.7 Å². The van der Waals surface area contributed by atoms with Gasteiger partial charge in [0.05, 0.1) is 40.7 Å². The first kappa shape index (κ1) is 45.9. The van der Waals surface area contributed by atoms with Crippen LogP contribution in [0.15, 0.2) is 36.4 Å². The molecule has 0 spiro atoms. The number of carbonyl (C=O) groups excluding carboxylic acids is 3. The Bertz CT molecular complexity index is 2350. The number of nitrogens with one attached hydrogen (secondary N) is 1. The van der Waals surface area contributed by atoms with Gasteiger partial charge in [-0.15, -0.1) is 0 Å². The number of carbonyl (C=O) groups is 3. The van der Waals surface area contributed by atoms with Crippen molar-refractivity contribution in [2.45, 2.75) is 130 Å². The van der Waals surface area contributed by atoms with Crippen molar-refractivity contribution in [1.82, 2.24) is 28.9 Å². The number of aromatic nitrogens is 4. The smallest absolute Gasteiger partial charge is 0.311 e. The van der Waals surface area contributed by atoms with Crippen LogP contribution < -0.4 is 5.32 Å². The Morgan fingerprint density at radius 2 is 1.55 bits per heavy atom. The molecule has 0 bridgehead atoms. The summed E-state index contributed by atoms with van der Waals surface area (Å²) >= 11 is 7.10. The zero-order valence-electron chi connectivity index (χ0n) is 38.7. The lowest BCUT2D eigenvalue weighted by Gasteiger charge is -2.41. The molecule has 334 valence electrons. The van der Waals surface area contributed by atoms with Crippen LogP contribution in [0.25, 0.3) is 11.1 Å². The number of nitrogens with zero attached hydrogens (tertiary/aromatic N) is 6. The fourth-order valence-electron chi connectivity index (χ4n) is 9.62. The number of anilines is 1. The molecule has 12 nitrogen and oxygen atoms in total. The maximum absolute atomic E-state index is 14.0. The summed E-state index contributed by atoms with van der Waals surface area (Å²) in [6.45, 7) is 21.6. The van der Waals surface area contributed by atoms with E-state index in [9.17, 15) is 14.4 Å². The van der Waals surface area contributed by atoms with Crippen LogP contribution in [0, 0.1) is 12.3 Å². The van der Waals surface area contributed by atoms with E-state index >= 15 is 0 Å². The van der Waals surface area contributed by atoms with Crippen molar-refractivity contribution in [2.24, 2.45) is 19.5 Å².